The van der Waals surface area contributed by atoms with E-state index in [1.54, 1.807) is 60.7 Å². The summed E-state index contributed by atoms with van der Waals surface area (Å²) in [4.78, 5) is 24.3. The number of esters is 1. The van der Waals surface area contributed by atoms with Gasteiger partial charge in [-0.25, -0.2) is 4.79 Å². The maximum atomic E-state index is 12.2. The Morgan fingerprint density at radius 2 is 1.54 bits per heavy atom. The third-order valence-electron chi connectivity index (χ3n) is 3.91. The van der Waals surface area contributed by atoms with Crippen molar-refractivity contribution in [1.29, 1.82) is 0 Å². The Kier molecular flexibility index (Phi) is 6.07. The second-order valence-electron chi connectivity index (χ2n) is 6.43. The first-order valence-corrected chi connectivity index (χ1v) is 8.88. The number of aryl methyl sites for hydroxylation is 2. The first-order valence-electron chi connectivity index (χ1n) is 8.88. The van der Waals surface area contributed by atoms with Crippen LogP contribution < -0.4 is 14.8 Å². The highest BCUT2D eigenvalue weighted by atomic mass is 16.6. The third kappa shape index (κ3) is 5.45. The van der Waals surface area contributed by atoms with Crippen molar-refractivity contribution in [3.63, 3.8) is 0 Å². The molecule has 0 atom stereocenters. The Bertz CT molecular complexity index is 963. The molecule has 0 fully saturated rings. The van der Waals surface area contributed by atoms with Gasteiger partial charge in [0, 0.05) is 17.3 Å². The number of anilines is 1. The van der Waals surface area contributed by atoms with E-state index in [9.17, 15) is 9.59 Å². The van der Waals surface area contributed by atoms with Crippen LogP contribution in [0.4, 0.5) is 5.69 Å². The minimum absolute atomic E-state index is 0.216. The van der Waals surface area contributed by atoms with Gasteiger partial charge in [-0.2, -0.15) is 0 Å². The van der Waals surface area contributed by atoms with Crippen LogP contribution in [0, 0.1) is 13.8 Å². The van der Waals surface area contributed by atoms with Crippen LogP contribution in [0.5, 0.6) is 11.5 Å². The zero-order chi connectivity index (χ0) is 19.9. The molecule has 142 valence electrons. The van der Waals surface area contributed by atoms with E-state index < -0.39 is 5.97 Å². The minimum atomic E-state index is -0.497. The molecule has 5 nitrogen and oxygen atoms in total. The summed E-state index contributed by atoms with van der Waals surface area (Å²) in [5, 5.41) is 2.80. The van der Waals surface area contributed by atoms with Gasteiger partial charge in [0.05, 0.1) is 0 Å². The van der Waals surface area contributed by atoms with Crippen molar-refractivity contribution in [3.05, 3.63) is 89.5 Å². The van der Waals surface area contributed by atoms with Crippen molar-refractivity contribution in [1.82, 2.24) is 0 Å². The molecular weight excluding hydrogens is 354 g/mol. The van der Waals surface area contributed by atoms with E-state index in [1.165, 1.54) is 0 Å². The van der Waals surface area contributed by atoms with Gasteiger partial charge in [-0.15, -0.1) is 0 Å². The summed E-state index contributed by atoms with van der Waals surface area (Å²) in [6.45, 7) is 3.65. The Balaban J connectivity index is 1.57. The van der Waals surface area contributed by atoms with Crippen molar-refractivity contribution in [2.24, 2.45) is 0 Å². The van der Waals surface area contributed by atoms with E-state index in [0.717, 1.165) is 11.1 Å². The lowest BCUT2D eigenvalue weighted by atomic mass is 10.1. The van der Waals surface area contributed by atoms with Crippen molar-refractivity contribution in [3.8, 4) is 11.5 Å². The SMILES string of the molecule is Cc1cc(C)cc(OC(=O)COc2cccc(NC(=O)c3ccccc3)c2)c1. The van der Waals surface area contributed by atoms with Gasteiger partial charge in [0.25, 0.3) is 5.91 Å². The molecule has 1 amide bonds. The van der Waals surface area contributed by atoms with Gasteiger partial charge in [0.1, 0.15) is 11.5 Å². The molecule has 5 heteroatoms. The van der Waals surface area contributed by atoms with E-state index in [1.807, 2.05) is 26.0 Å². The summed E-state index contributed by atoms with van der Waals surface area (Å²) >= 11 is 0. The number of carbonyl (C=O) groups excluding carboxylic acids is 2. The Morgan fingerprint density at radius 1 is 0.821 bits per heavy atom. The normalized spacial score (nSPS) is 10.2. The Morgan fingerprint density at radius 3 is 2.25 bits per heavy atom. The highest BCUT2D eigenvalue weighted by molar-refractivity contribution is 6.04. The van der Waals surface area contributed by atoms with E-state index in [2.05, 4.69) is 5.32 Å². The molecule has 28 heavy (non-hydrogen) atoms. The molecule has 1 N–H and O–H groups in total. The summed E-state index contributed by atoms with van der Waals surface area (Å²) < 4.78 is 10.8. The van der Waals surface area contributed by atoms with Crippen LogP contribution >= 0.6 is 0 Å². The lowest BCUT2D eigenvalue weighted by molar-refractivity contribution is -0.136. The topological polar surface area (TPSA) is 64.6 Å². The second kappa shape index (κ2) is 8.86. The summed E-state index contributed by atoms with van der Waals surface area (Å²) in [6, 6.07) is 21.4. The number of benzene rings is 3. The fourth-order valence-electron chi connectivity index (χ4n) is 2.75. The predicted molar refractivity (Wildman–Crippen MR) is 108 cm³/mol. The van der Waals surface area contributed by atoms with Crippen LogP contribution in [0.1, 0.15) is 21.5 Å². The number of ether oxygens (including phenoxy) is 2. The molecule has 0 saturated carbocycles. The molecule has 0 aromatic heterocycles. The van der Waals surface area contributed by atoms with Gasteiger partial charge >= 0.3 is 5.97 Å². The molecule has 3 rings (SSSR count). The van der Waals surface area contributed by atoms with Crippen LogP contribution in [0.2, 0.25) is 0 Å². The molecule has 0 spiro atoms. The van der Waals surface area contributed by atoms with Crippen molar-refractivity contribution >= 4 is 17.6 Å². The molecule has 0 heterocycles. The van der Waals surface area contributed by atoms with Crippen LogP contribution in [-0.4, -0.2) is 18.5 Å². The largest absolute Gasteiger partial charge is 0.482 e. The van der Waals surface area contributed by atoms with Crippen LogP contribution in [0.25, 0.3) is 0 Å². The van der Waals surface area contributed by atoms with Crippen LogP contribution in [-0.2, 0) is 4.79 Å². The number of nitrogens with one attached hydrogen (secondary N) is 1. The first kappa shape index (κ1) is 19.2. The molecule has 0 bridgehead atoms. The molecule has 3 aromatic carbocycles. The molecule has 0 radical (unpaired) electrons. The monoisotopic (exact) mass is 375 g/mol. The highest BCUT2D eigenvalue weighted by Gasteiger charge is 2.09. The number of hydrogen-bond donors (Lipinski definition) is 1. The highest BCUT2D eigenvalue weighted by Crippen LogP contribution is 2.19. The average Bonchev–Trinajstić information content (AvgIpc) is 2.66. The molecule has 0 aliphatic heterocycles. The number of hydrogen-bond acceptors (Lipinski definition) is 4. The van der Waals surface area contributed by atoms with Crippen LogP contribution in [0.15, 0.2) is 72.8 Å². The summed E-state index contributed by atoms with van der Waals surface area (Å²) in [5.74, 6) is 0.244. The minimum Gasteiger partial charge on any atom is -0.482 e. The molecule has 0 aliphatic carbocycles. The van der Waals surface area contributed by atoms with Crippen molar-refractivity contribution in [2.75, 3.05) is 11.9 Å². The maximum Gasteiger partial charge on any atom is 0.349 e. The molecule has 0 aliphatic rings. The van der Waals surface area contributed by atoms with Gasteiger partial charge in [-0.05, 0) is 61.4 Å². The molecular formula is C23H21NO4. The van der Waals surface area contributed by atoms with E-state index >= 15 is 0 Å². The molecule has 0 unspecified atom stereocenters. The van der Waals surface area contributed by atoms with Gasteiger partial charge in [0.2, 0.25) is 0 Å². The first-order chi connectivity index (χ1) is 13.5. The lowest BCUT2D eigenvalue weighted by Crippen LogP contribution is -2.18. The third-order valence-corrected chi connectivity index (χ3v) is 3.91. The fourth-order valence-corrected chi connectivity index (χ4v) is 2.75. The maximum absolute atomic E-state index is 12.2. The van der Waals surface area contributed by atoms with Gasteiger partial charge in [-0.1, -0.05) is 30.3 Å². The van der Waals surface area contributed by atoms with Crippen molar-refractivity contribution in [2.45, 2.75) is 13.8 Å². The predicted octanol–water partition coefficient (Wildman–Crippen LogP) is 4.54. The van der Waals surface area contributed by atoms with E-state index in [-0.39, 0.29) is 12.5 Å². The van der Waals surface area contributed by atoms with E-state index in [0.29, 0.717) is 22.7 Å². The number of rotatable bonds is 6. The summed E-state index contributed by atoms with van der Waals surface area (Å²) in [5.41, 5.74) is 3.18. The zero-order valence-corrected chi connectivity index (χ0v) is 15.8. The van der Waals surface area contributed by atoms with Gasteiger partial charge in [-0.3, -0.25) is 4.79 Å². The van der Waals surface area contributed by atoms with E-state index in [4.69, 9.17) is 9.47 Å². The van der Waals surface area contributed by atoms with Gasteiger partial charge < -0.3 is 14.8 Å². The summed E-state index contributed by atoms with van der Waals surface area (Å²) in [6.07, 6.45) is 0. The van der Waals surface area contributed by atoms with Crippen molar-refractivity contribution < 1.29 is 19.1 Å². The standard InChI is InChI=1S/C23H21NO4/c1-16-11-17(2)13-21(12-16)28-22(25)15-27-20-10-6-9-19(14-20)24-23(26)18-7-4-3-5-8-18/h3-14H,15H2,1-2H3,(H,24,26). The zero-order valence-electron chi connectivity index (χ0n) is 15.8. The fraction of sp³-hybridized carbons (Fsp3) is 0.130. The smallest absolute Gasteiger partial charge is 0.349 e. The molecule has 3 aromatic rings. The summed E-state index contributed by atoms with van der Waals surface area (Å²) in [7, 11) is 0. The second-order valence-corrected chi connectivity index (χ2v) is 6.43. The average molecular weight is 375 g/mol. The number of amides is 1. The Labute approximate surface area is 163 Å². The quantitative estimate of drug-likeness (QED) is 0.507. The van der Waals surface area contributed by atoms with Crippen LogP contribution in [0.3, 0.4) is 0 Å². The Hall–Kier alpha value is -3.60. The van der Waals surface area contributed by atoms with Gasteiger partial charge in [0.15, 0.2) is 6.61 Å². The molecule has 0 saturated heterocycles. The lowest BCUT2D eigenvalue weighted by Gasteiger charge is -2.10. The number of carbonyl (C=O) groups is 2.